The van der Waals surface area contributed by atoms with E-state index in [-0.39, 0.29) is 5.60 Å². The van der Waals surface area contributed by atoms with E-state index < -0.39 is 11.4 Å². The molecule has 1 heterocycles. The molecule has 1 aliphatic heterocycles. The molecule has 1 aliphatic carbocycles. The molecule has 1 aromatic carbocycles. The van der Waals surface area contributed by atoms with Crippen molar-refractivity contribution in [3.05, 3.63) is 35.9 Å². The zero-order chi connectivity index (χ0) is 17.1. The van der Waals surface area contributed by atoms with Crippen LogP contribution in [0, 0.1) is 0 Å². The summed E-state index contributed by atoms with van der Waals surface area (Å²) in [6.45, 7) is 6.17. The molecule has 2 aliphatic rings. The minimum atomic E-state index is -0.617. The van der Waals surface area contributed by atoms with Crippen LogP contribution in [0.2, 0.25) is 0 Å². The molecule has 2 fully saturated rings. The van der Waals surface area contributed by atoms with Gasteiger partial charge in [-0.3, -0.25) is 0 Å². The maximum absolute atomic E-state index is 10.9. The molecule has 0 radical (unpaired) electrons. The van der Waals surface area contributed by atoms with Crippen LogP contribution in [0.25, 0.3) is 0 Å². The second-order valence-corrected chi connectivity index (χ2v) is 7.87. The van der Waals surface area contributed by atoms with Gasteiger partial charge in [-0.15, -0.1) is 0 Å². The van der Waals surface area contributed by atoms with E-state index in [1.165, 1.54) is 5.56 Å². The third-order valence-corrected chi connectivity index (χ3v) is 5.42. The Hall–Kier alpha value is -0.940. The maximum Gasteiger partial charge on any atom is 0.168 e. The highest BCUT2D eigenvalue weighted by Crippen LogP contribution is 2.42. The standard InChI is InChI=1S/C20H30O4/c1-18(2,24-16-17-6-4-3-5-7-17)8-9-19(21)10-12-20(13-11-19)22-14-15-23-20/h3-7,21H,8-16H2,1-2H3. The zero-order valence-electron chi connectivity index (χ0n) is 14.9. The molecule has 1 saturated carbocycles. The van der Waals surface area contributed by atoms with Crippen molar-refractivity contribution >= 4 is 0 Å². The summed E-state index contributed by atoms with van der Waals surface area (Å²) >= 11 is 0. The Balaban J connectivity index is 1.45. The average Bonchev–Trinajstić information content (AvgIpc) is 3.05. The predicted molar refractivity (Wildman–Crippen MR) is 92.6 cm³/mol. The van der Waals surface area contributed by atoms with Gasteiger partial charge in [-0.05, 0) is 45.1 Å². The number of aliphatic hydroxyl groups is 1. The van der Waals surface area contributed by atoms with Gasteiger partial charge in [0.05, 0.1) is 31.0 Å². The monoisotopic (exact) mass is 334 g/mol. The van der Waals surface area contributed by atoms with Crippen LogP contribution < -0.4 is 0 Å². The highest BCUT2D eigenvalue weighted by atomic mass is 16.7. The Morgan fingerprint density at radius 2 is 1.67 bits per heavy atom. The molecular weight excluding hydrogens is 304 g/mol. The van der Waals surface area contributed by atoms with E-state index in [0.29, 0.717) is 19.8 Å². The summed E-state index contributed by atoms with van der Waals surface area (Å²) in [4.78, 5) is 0. The lowest BCUT2D eigenvalue weighted by atomic mass is 9.77. The normalized spacial score (nSPS) is 22.8. The molecule has 134 valence electrons. The smallest absolute Gasteiger partial charge is 0.168 e. The Bertz CT molecular complexity index is 510. The van der Waals surface area contributed by atoms with Crippen LogP contribution in [-0.2, 0) is 20.8 Å². The molecule has 1 N–H and O–H groups in total. The molecule has 0 atom stereocenters. The van der Waals surface area contributed by atoms with Gasteiger partial charge in [0.15, 0.2) is 5.79 Å². The number of benzene rings is 1. The van der Waals surface area contributed by atoms with Crippen molar-refractivity contribution in [2.24, 2.45) is 0 Å². The van der Waals surface area contributed by atoms with Gasteiger partial charge in [-0.2, -0.15) is 0 Å². The summed E-state index contributed by atoms with van der Waals surface area (Å²) in [7, 11) is 0. The fourth-order valence-corrected chi connectivity index (χ4v) is 3.59. The summed E-state index contributed by atoms with van der Waals surface area (Å²) in [6.07, 6.45) is 4.64. The number of hydrogen-bond acceptors (Lipinski definition) is 4. The quantitative estimate of drug-likeness (QED) is 0.859. The van der Waals surface area contributed by atoms with Gasteiger partial charge in [-0.1, -0.05) is 30.3 Å². The van der Waals surface area contributed by atoms with Crippen molar-refractivity contribution in [3.63, 3.8) is 0 Å². The van der Waals surface area contributed by atoms with Gasteiger partial charge in [0, 0.05) is 12.8 Å². The lowest BCUT2D eigenvalue weighted by Crippen LogP contribution is -2.44. The highest BCUT2D eigenvalue weighted by molar-refractivity contribution is 5.13. The minimum Gasteiger partial charge on any atom is -0.390 e. The van der Waals surface area contributed by atoms with E-state index in [1.54, 1.807) is 0 Å². The topological polar surface area (TPSA) is 47.9 Å². The number of rotatable bonds is 6. The molecule has 4 nitrogen and oxygen atoms in total. The van der Waals surface area contributed by atoms with Crippen molar-refractivity contribution in [1.29, 1.82) is 0 Å². The Morgan fingerprint density at radius 3 is 2.29 bits per heavy atom. The molecule has 4 heteroatoms. The molecule has 1 spiro atoms. The van der Waals surface area contributed by atoms with E-state index in [1.807, 2.05) is 18.2 Å². The lowest BCUT2D eigenvalue weighted by molar-refractivity contribution is -0.204. The summed E-state index contributed by atoms with van der Waals surface area (Å²) in [6, 6.07) is 10.2. The van der Waals surface area contributed by atoms with Crippen LogP contribution in [0.15, 0.2) is 30.3 Å². The van der Waals surface area contributed by atoms with Crippen molar-refractivity contribution in [2.75, 3.05) is 13.2 Å². The molecule has 0 aromatic heterocycles. The van der Waals surface area contributed by atoms with Crippen molar-refractivity contribution in [2.45, 2.75) is 76.0 Å². The van der Waals surface area contributed by atoms with Crippen molar-refractivity contribution in [3.8, 4) is 0 Å². The lowest BCUT2D eigenvalue weighted by Gasteiger charge is -2.41. The Kier molecular flexibility index (Phi) is 5.30. The van der Waals surface area contributed by atoms with E-state index >= 15 is 0 Å². The van der Waals surface area contributed by atoms with Gasteiger partial charge in [0.1, 0.15) is 0 Å². The Morgan fingerprint density at radius 1 is 1.04 bits per heavy atom. The first-order chi connectivity index (χ1) is 11.4. The first-order valence-electron chi connectivity index (χ1n) is 9.09. The molecule has 0 bridgehead atoms. The van der Waals surface area contributed by atoms with Gasteiger partial charge < -0.3 is 19.3 Å². The Labute approximate surface area is 145 Å². The second kappa shape index (κ2) is 7.12. The van der Waals surface area contributed by atoms with E-state index in [9.17, 15) is 5.11 Å². The summed E-state index contributed by atoms with van der Waals surface area (Å²) in [5.41, 5.74) is 0.314. The third kappa shape index (κ3) is 4.57. The van der Waals surface area contributed by atoms with Crippen LogP contribution in [0.3, 0.4) is 0 Å². The molecule has 1 aromatic rings. The average molecular weight is 334 g/mol. The van der Waals surface area contributed by atoms with Gasteiger partial charge in [0.25, 0.3) is 0 Å². The van der Waals surface area contributed by atoms with E-state index in [0.717, 1.165) is 38.5 Å². The predicted octanol–water partition coefficient (Wildman–Crippen LogP) is 3.81. The van der Waals surface area contributed by atoms with Crippen LogP contribution in [0.5, 0.6) is 0 Å². The largest absolute Gasteiger partial charge is 0.390 e. The fourth-order valence-electron chi connectivity index (χ4n) is 3.59. The summed E-state index contributed by atoms with van der Waals surface area (Å²) in [5, 5.41) is 10.9. The second-order valence-electron chi connectivity index (χ2n) is 7.87. The first-order valence-corrected chi connectivity index (χ1v) is 9.09. The van der Waals surface area contributed by atoms with Gasteiger partial charge in [0.2, 0.25) is 0 Å². The van der Waals surface area contributed by atoms with E-state index in [4.69, 9.17) is 14.2 Å². The van der Waals surface area contributed by atoms with Crippen LogP contribution in [-0.4, -0.2) is 35.3 Å². The minimum absolute atomic E-state index is 0.249. The molecule has 24 heavy (non-hydrogen) atoms. The maximum atomic E-state index is 10.9. The molecule has 0 unspecified atom stereocenters. The fraction of sp³-hybridized carbons (Fsp3) is 0.700. The van der Waals surface area contributed by atoms with Gasteiger partial charge in [-0.25, -0.2) is 0 Å². The van der Waals surface area contributed by atoms with Crippen LogP contribution >= 0.6 is 0 Å². The number of hydrogen-bond donors (Lipinski definition) is 1. The molecule has 0 amide bonds. The first kappa shape index (κ1) is 17.9. The summed E-state index contributed by atoms with van der Waals surface area (Å²) < 4.78 is 17.6. The third-order valence-electron chi connectivity index (χ3n) is 5.42. The van der Waals surface area contributed by atoms with Crippen LogP contribution in [0.4, 0.5) is 0 Å². The molecular formula is C20H30O4. The highest BCUT2D eigenvalue weighted by Gasteiger charge is 2.45. The van der Waals surface area contributed by atoms with E-state index in [2.05, 4.69) is 26.0 Å². The molecule has 1 saturated heterocycles. The van der Waals surface area contributed by atoms with Crippen LogP contribution in [0.1, 0.15) is 57.9 Å². The summed E-state index contributed by atoms with van der Waals surface area (Å²) in [5.74, 6) is -0.411. The zero-order valence-corrected chi connectivity index (χ0v) is 14.9. The SMILES string of the molecule is CC(C)(CCC1(O)CCC2(CC1)OCCO2)OCc1ccccc1. The van der Waals surface area contributed by atoms with Crippen molar-refractivity contribution < 1.29 is 19.3 Å². The number of ether oxygens (including phenoxy) is 3. The molecule has 3 rings (SSSR count). The van der Waals surface area contributed by atoms with Gasteiger partial charge >= 0.3 is 0 Å². The van der Waals surface area contributed by atoms with Crippen molar-refractivity contribution in [1.82, 2.24) is 0 Å².